The molecule has 1 spiro atoms. The summed E-state index contributed by atoms with van der Waals surface area (Å²) in [6.45, 7) is 5.28. The number of anilines is 1. The standard InChI is InChI=1S/C27H23ClN2O4/c1-26(2,3)33-25(32)30-21-16-10-8-14-19(21)27(24(30)31)22(17-11-5-4-6-12-17)29-34-23(27)18-13-7-9-15-20(18)28/h4-16,23H,1-3H3. The van der Waals surface area contributed by atoms with Gasteiger partial charge in [0, 0.05) is 21.7 Å². The van der Waals surface area contributed by atoms with Gasteiger partial charge in [0.05, 0.1) is 5.69 Å². The van der Waals surface area contributed by atoms with Crippen LogP contribution in [0.4, 0.5) is 10.5 Å². The maximum Gasteiger partial charge on any atom is 0.421 e. The number of hydrogen-bond acceptors (Lipinski definition) is 5. The summed E-state index contributed by atoms with van der Waals surface area (Å²) in [6.07, 6.45) is -1.63. The highest BCUT2D eigenvalue weighted by atomic mass is 35.5. The number of imide groups is 1. The number of hydrogen-bond donors (Lipinski definition) is 0. The molecule has 172 valence electrons. The van der Waals surface area contributed by atoms with Crippen molar-refractivity contribution in [1.29, 1.82) is 0 Å². The third kappa shape index (κ3) is 3.29. The van der Waals surface area contributed by atoms with E-state index >= 15 is 0 Å². The van der Waals surface area contributed by atoms with Crippen LogP contribution in [0.5, 0.6) is 0 Å². The minimum absolute atomic E-state index is 0.418. The first kappa shape index (κ1) is 22.2. The number of rotatable bonds is 2. The van der Waals surface area contributed by atoms with Crippen molar-refractivity contribution in [3.05, 3.63) is 101 Å². The van der Waals surface area contributed by atoms with Gasteiger partial charge in [0.25, 0.3) is 5.91 Å². The summed E-state index contributed by atoms with van der Waals surface area (Å²) in [4.78, 5) is 34.8. The SMILES string of the molecule is CC(C)(C)OC(=O)N1C(=O)C2(C(c3ccccc3)=NOC2c2ccccc2Cl)c2ccccc21. The molecular weight excluding hydrogens is 452 g/mol. The number of nitrogens with zero attached hydrogens (tertiary/aromatic N) is 2. The van der Waals surface area contributed by atoms with E-state index in [1.54, 1.807) is 39.0 Å². The number of halogens is 1. The topological polar surface area (TPSA) is 68.2 Å². The molecule has 2 aliphatic rings. The third-order valence-corrected chi connectivity index (χ3v) is 6.28. The lowest BCUT2D eigenvalue weighted by molar-refractivity contribution is -0.124. The van der Waals surface area contributed by atoms with Crippen molar-refractivity contribution in [2.45, 2.75) is 37.9 Å². The molecule has 0 aromatic heterocycles. The van der Waals surface area contributed by atoms with E-state index in [9.17, 15) is 9.59 Å². The Morgan fingerprint density at radius 3 is 2.35 bits per heavy atom. The van der Waals surface area contributed by atoms with E-state index in [4.69, 9.17) is 21.2 Å². The van der Waals surface area contributed by atoms with Gasteiger partial charge in [-0.1, -0.05) is 83.5 Å². The minimum atomic E-state index is -1.43. The molecule has 2 heterocycles. The van der Waals surface area contributed by atoms with Gasteiger partial charge >= 0.3 is 6.09 Å². The molecule has 2 amide bonds. The van der Waals surface area contributed by atoms with Gasteiger partial charge in [-0.05, 0) is 32.9 Å². The van der Waals surface area contributed by atoms with Gasteiger partial charge < -0.3 is 9.57 Å². The van der Waals surface area contributed by atoms with Gasteiger partial charge in [0.1, 0.15) is 11.3 Å². The highest BCUT2D eigenvalue weighted by Gasteiger charge is 2.66. The van der Waals surface area contributed by atoms with Crippen LogP contribution in [0.15, 0.2) is 84.0 Å². The number of carbonyl (C=O) groups excluding carboxylic acids is 2. The largest absolute Gasteiger partial charge is 0.443 e. The van der Waals surface area contributed by atoms with E-state index in [0.717, 1.165) is 4.90 Å². The maximum atomic E-state index is 14.4. The van der Waals surface area contributed by atoms with Crippen LogP contribution in [0.3, 0.4) is 0 Å². The highest BCUT2D eigenvalue weighted by Crippen LogP contribution is 2.56. The summed E-state index contributed by atoms with van der Waals surface area (Å²) in [5, 5.41) is 4.86. The molecule has 0 saturated carbocycles. The van der Waals surface area contributed by atoms with E-state index in [2.05, 4.69) is 5.16 Å². The molecule has 2 unspecified atom stereocenters. The fraction of sp³-hybridized carbons (Fsp3) is 0.222. The van der Waals surface area contributed by atoms with E-state index in [1.807, 2.05) is 60.7 Å². The fourth-order valence-corrected chi connectivity index (χ4v) is 4.84. The summed E-state index contributed by atoms with van der Waals surface area (Å²) in [7, 11) is 0. The molecule has 2 aliphatic heterocycles. The molecule has 6 nitrogen and oxygen atoms in total. The molecule has 3 aromatic rings. The Hall–Kier alpha value is -3.64. The monoisotopic (exact) mass is 474 g/mol. The van der Waals surface area contributed by atoms with E-state index < -0.39 is 29.1 Å². The molecule has 34 heavy (non-hydrogen) atoms. The van der Waals surface area contributed by atoms with Crippen molar-refractivity contribution < 1.29 is 19.2 Å². The predicted molar refractivity (Wildman–Crippen MR) is 130 cm³/mol. The Kier molecular flexibility index (Phi) is 5.21. The van der Waals surface area contributed by atoms with Crippen molar-refractivity contribution in [2.24, 2.45) is 5.16 Å². The van der Waals surface area contributed by atoms with Crippen LogP contribution in [-0.2, 0) is 19.8 Å². The van der Waals surface area contributed by atoms with E-state index in [-0.39, 0.29) is 0 Å². The zero-order valence-corrected chi connectivity index (χ0v) is 19.7. The summed E-state index contributed by atoms with van der Waals surface area (Å²) in [5.41, 5.74) is 0.566. The number of ether oxygens (including phenoxy) is 1. The Labute approximate surface area is 202 Å². The molecular formula is C27H23ClN2O4. The zero-order chi connectivity index (χ0) is 24.1. The fourth-order valence-electron chi connectivity index (χ4n) is 4.61. The first-order valence-corrected chi connectivity index (χ1v) is 11.3. The second kappa shape index (κ2) is 7.99. The van der Waals surface area contributed by atoms with Crippen LogP contribution >= 0.6 is 11.6 Å². The van der Waals surface area contributed by atoms with Crippen molar-refractivity contribution in [3.8, 4) is 0 Å². The van der Waals surface area contributed by atoms with Gasteiger partial charge in [-0.15, -0.1) is 0 Å². The molecule has 0 saturated heterocycles. The van der Waals surface area contributed by atoms with Crippen LogP contribution in [0.2, 0.25) is 5.02 Å². The Morgan fingerprint density at radius 1 is 1.00 bits per heavy atom. The summed E-state index contributed by atoms with van der Waals surface area (Å²) in [6, 6.07) is 23.7. The number of carbonyl (C=O) groups is 2. The quantitative estimate of drug-likeness (QED) is 0.454. The van der Waals surface area contributed by atoms with Gasteiger partial charge in [-0.3, -0.25) is 4.79 Å². The number of fused-ring (bicyclic) bond motifs is 2. The highest BCUT2D eigenvalue weighted by molar-refractivity contribution is 6.35. The Balaban J connectivity index is 1.77. The maximum absolute atomic E-state index is 14.4. The van der Waals surface area contributed by atoms with Crippen LogP contribution < -0.4 is 4.90 Å². The van der Waals surface area contributed by atoms with Crippen LogP contribution in [-0.4, -0.2) is 23.3 Å². The summed E-state index contributed by atoms with van der Waals surface area (Å²) < 4.78 is 5.62. The molecule has 0 fully saturated rings. The molecule has 5 rings (SSSR count). The summed E-state index contributed by atoms with van der Waals surface area (Å²) >= 11 is 6.57. The number of oxime groups is 1. The molecule has 7 heteroatoms. The molecule has 3 aromatic carbocycles. The number of benzene rings is 3. The predicted octanol–water partition coefficient (Wildman–Crippen LogP) is 6.04. The summed E-state index contributed by atoms with van der Waals surface area (Å²) in [5.74, 6) is -0.493. The number of amides is 2. The van der Waals surface area contributed by atoms with Crippen LogP contribution in [0.1, 0.15) is 43.6 Å². The van der Waals surface area contributed by atoms with Gasteiger partial charge in [-0.25, -0.2) is 9.69 Å². The van der Waals surface area contributed by atoms with Crippen molar-refractivity contribution >= 4 is 35.0 Å². The second-order valence-electron chi connectivity index (χ2n) is 9.26. The smallest absolute Gasteiger partial charge is 0.421 e. The van der Waals surface area contributed by atoms with Gasteiger partial charge in [0.15, 0.2) is 11.5 Å². The van der Waals surface area contributed by atoms with Gasteiger partial charge in [-0.2, -0.15) is 0 Å². The van der Waals surface area contributed by atoms with Crippen LogP contribution in [0.25, 0.3) is 0 Å². The third-order valence-electron chi connectivity index (χ3n) is 5.94. The van der Waals surface area contributed by atoms with Crippen molar-refractivity contribution in [1.82, 2.24) is 0 Å². The van der Waals surface area contributed by atoms with E-state index in [1.165, 1.54) is 0 Å². The second-order valence-corrected chi connectivity index (χ2v) is 9.67. The normalized spacial score (nSPS) is 21.3. The minimum Gasteiger partial charge on any atom is -0.443 e. The molecule has 0 bridgehead atoms. The molecule has 0 aliphatic carbocycles. The molecule has 2 atom stereocenters. The van der Waals surface area contributed by atoms with Gasteiger partial charge in [0.2, 0.25) is 0 Å². The van der Waals surface area contributed by atoms with Crippen molar-refractivity contribution in [2.75, 3.05) is 4.90 Å². The first-order valence-electron chi connectivity index (χ1n) is 11.0. The average Bonchev–Trinajstić information content (AvgIpc) is 3.31. The lowest BCUT2D eigenvalue weighted by atomic mass is 9.69. The first-order chi connectivity index (χ1) is 16.2. The Morgan fingerprint density at radius 2 is 1.65 bits per heavy atom. The Bertz CT molecular complexity index is 1320. The number of para-hydroxylation sites is 1. The van der Waals surface area contributed by atoms with E-state index in [0.29, 0.717) is 33.1 Å². The molecule has 0 radical (unpaired) electrons. The van der Waals surface area contributed by atoms with Crippen molar-refractivity contribution in [3.63, 3.8) is 0 Å². The lowest BCUT2D eigenvalue weighted by Gasteiger charge is -2.30. The molecule has 0 N–H and O–H groups in total. The zero-order valence-electron chi connectivity index (χ0n) is 19.0. The average molecular weight is 475 g/mol. The van der Waals surface area contributed by atoms with Crippen LogP contribution in [0, 0.1) is 0 Å². The lowest BCUT2D eigenvalue weighted by Crippen LogP contribution is -2.51.